The highest BCUT2D eigenvalue weighted by Crippen LogP contribution is 2.31. The predicted octanol–water partition coefficient (Wildman–Crippen LogP) is 2.63. The third kappa shape index (κ3) is 3.68. The van der Waals surface area contributed by atoms with Crippen molar-refractivity contribution in [3.05, 3.63) is 22.7 Å². The van der Waals surface area contributed by atoms with Gasteiger partial charge in [0, 0.05) is 23.6 Å². The third-order valence-electron chi connectivity index (χ3n) is 2.20. The SMILES string of the molecule is COc1ccc(Br)cc1N(C)CC(C)(C)N. The molecule has 90 valence electrons. The molecule has 4 heteroatoms. The van der Waals surface area contributed by atoms with E-state index in [4.69, 9.17) is 10.5 Å². The first-order chi connectivity index (χ1) is 7.33. The van der Waals surface area contributed by atoms with Crippen LogP contribution in [-0.2, 0) is 0 Å². The fraction of sp³-hybridized carbons (Fsp3) is 0.500. The summed E-state index contributed by atoms with van der Waals surface area (Å²) in [5.41, 5.74) is 6.81. The van der Waals surface area contributed by atoms with Crippen molar-refractivity contribution in [1.29, 1.82) is 0 Å². The third-order valence-corrected chi connectivity index (χ3v) is 2.69. The number of ether oxygens (including phenoxy) is 1. The van der Waals surface area contributed by atoms with Crippen molar-refractivity contribution in [2.45, 2.75) is 19.4 Å². The van der Waals surface area contributed by atoms with Crippen LogP contribution in [0.5, 0.6) is 5.75 Å². The zero-order valence-corrected chi connectivity index (χ0v) is 11.8. The highest BCUT2D eigenvalue weighted by molar-refractivity contribution is 9.10. The summed E-state index contributed by atoms with van der Waals surface area (Å²) >= 11 is 3.46. The molecule has 0 saturated heterocycles. The molecule has 0 unspecified atom stereocenters. The summed E-state index contributed by atoms with van der Waals surface area (Å²) in [5, 5.41) is 0. The largest absolute Gasteiger partial charge is 0.495 e. The van der Waals surface area contributed by atoms with E-state index in [0.717, 1.165) is 22.5 Å². The smallest absolute Gasteiger partial charge is 0.142 e. The molecule has 0 heterocycles. The van der Waals surface area contributed by atoms with Crippen LogP contribution in [0.4, 0.5) is 5.69 Å². The first-order valence-corrected chi connectivity index (χ1v) is 5.96. The van der Waals surface area contributed by atoms with E-state index in [1.165, 1.54) is 0 Å². The molecule has 0 spiro atoms. The molecule has 1 aromatic carbocycles. The number of rotatable bonds is 4. The van der Waals surface area contributed by atoms with Crippen LogP contribution in [0.25, 0.3) is 0 Å². The van der Waals surface area contributed by atoms with Gasteiger partial charge in [-0.25, -0.2) is 0 Å². The number of hydrogen-bond donors (Lipinski definition) is 1. The predicted molar refractivity (Wildman–Crippen MR) is 72.2 cm³/mol. The molecular formula is C12H19BrN2O. The first kappa shape index (κ1) is 13.3. The summed E-state index contributed by atoms with van der Waals surface area (Å²) in [6.45, 7) is 4.78. The maximum Gasteiger partial charge on any atom is 0.142 e. The van der Waals surface area contributed by atoms with Gasteiger partial charge in [-0.05, 0) is 32.0 Å². The highest BCUT2D eigenvalue weighted by Gasteiger charge is 2.16. The molecule has 16 heavy (non-hydrogen) atoms. The van der Waals surface area contributed by atoms with Gasteiger partial charge in [-0.1, -0.05) is 15.9 Å². The second-order valence-corrected chi connectivity index (χ2v) is 5.58. The number of nitrogens with zero attached hydrogens (tertiary/aromatic N) is 1. The summed E-state index contributed by atoms with van der Waals surface area (Å²) in [6.07, 6.45) is 0. The van der Waals surface area contributed by atoms with Gasteiger partial charge in [0.15, 0.2) is 0 Å². The molecule has 0 bridgehead atoms. The van der Waals surface area contributed by atoms with Crippen LogP contribution in [0.3, 0.4) is 0 Å². The van der Waals surface area contributed by atoms with Crippen molar-refractivity contribution in [3.8, 4) is 5.75 Å². The van der Waals surface area contributed by atoms with E-state index in [2.05, 4.69) is 20.8 Å². The number of benzene rings is 1. The summed E-state index contributed by atoms with van der Waals surface area (Å²) in [4.78, 5) is 2.10. The second kappa shape index (κ2) is 5.06. The Labute approximate surface area is 106 Å². The van der Waals surface area contributed by atoms with Crippen LogP contribution in [0.1, 0.15) is 13.8 Å². The molecule has 0 aromatic heterocycles. The van der Waals surface area contributed by atoms with Gasteiger partial charge in [-0.2, -0.15) is 0 Å². The standard InChI is InChI=1S/C12H19BrN2O/c1-12(2,14)8-15(3)10-7-9(13)5-6-11(10)16-4/h5-7H,8,14H2,1-4H3. The van der Waals surface area contributed by atoms with Gasteiger partial charge < -0.3 is 15.4 Å². The molecule has 0 aliphatic heterocycles. The number of hydrogen-bond acceptors (Lipinski definition) is 3. The average molecular weight is 287 g/mol. The van der Waals surface area contributed by atoms with Crippen molar-refractivity contribution in [2.75, 3.05) is 25.6 Å². The maximum atomic E-state index is 6.01. The molecule has 0 atom stereocenters. The average Bonchev–Trinajstić information content (AvgIpc) is 2.15. The second-order valence-electron chi connectivity index (χ2n) is 4.66. The molecule has 0 saturated carbocycles. The minimum Gasteiger partial charge on any atom is -0.495 e. The Kier molecular flexibility index (Phi) is 4.21. The Morgan fingerprint density at radius 1 is 1.44 bits per heavy atom. The van der Waals surface area contributed by atoms with E-state index in [9.17, 15) is 0 Å². The van der Waals surface area contributed by atoms with Crippen LogP contribution in [0.2, 0.25) is 0 Å². The lowest BCUT2D eigenvalue weighted by Gasteiger charge is -2.29. The van der Waals surface area contributed by atoms with E-state index in [1.54, 1.807) is 7.11 Å². The molecule has 0 radical (unpaired) electrons. The molecule has 1 rings (SSSR count). The topological polar surface area (TPSA) is 38.5 Å². The summed E-state index contributed by atoms with van der Waals surface area (Å²) in [5.74, 6) is 0.856. The number of halogens is 1. The maximum absolute atomic E-state index is 6.01. The van der Waals surface area contributed by atoms with Crippen LogP contribution in [0, 0.1) is 0 Å². The van der Waals surface area contributed by atoms with Crippen molar-refractivity contribution >= 4 is 21.6 Å². The van der Waals surface area contributed by atoms with E-state index in [-0.39, 0.29) is 5.54 Å². The lowest BCUT2D eigenvalue weighted by molar-refractivity contribution is 0.413. The number of anilines is 1. The van der Waals surface area contributed by atoms with Crippen molar-refractivity contribution in [2.24, 2.45) is 5.73 Å². The van der Waals surface area contributed by atoms with Gasteiger partial charge in [-0.15, -0.1) is 0 Å². The monoisotopic (exact) mass is 286 g/mol. The number of likely N-dealkylation sites (N-methyl/N-ethyl adjacent to an activating group) is 1. The van der Waals surface area contributed by atoms with E-state index < -0.39 is 0 Å². The van der Waals surface area contributed by atoms with Gasteiger partial charge in [0.25, 0.3) is 0 Å². The Bertz CT molecular complexity index is 361. The molecule has 1 aromatic rings. The Morgan fingerprint density at radius 2 is 2.06 bits per heavy atom. The summed E-state index contributed by atoms with van der Waals surface area (Å²) in [6, 6.07) is 5.94. The highest BCUT2D eigenvalue weighted by atomic mass is 79.9. The Morgan fingerprint density at radius 3 is 2.56 bits per heavy atom. The van der Waals surface area contributed by atoms with E-state index in [1.807, 2.05) is 39.1 Å². The van der Waals surface area contributed by atoms with Gasteiger partial charge in [-0.3, -0.25) is 0 Å². The van der Waals surface area contributed by atoms with Crippen LogP contribution in [-0.4, -0.2) is 26.2 Å². The first-order valence-electron chi connectivity index (χ1n) is 5.17. The quantitative estimate of drug-likeness (QED) is 0.925. The lowest BCUT2D eigenvalue weighted by Crippen LogP contribution is -2.44. The molecular weight excluding hydrogens is 268 g/mol. The normalized spacial score (nSPS) is 11.4. The molecule has 0 aliphatic carbocycles. The molecule has 0 fully saturated rings. The fourth-order valence-corrected chi connectivity index (χ4v) is 2.01. The molecule has 0 amide bonds. The van der Waals surface area contributed by atoms with Crippen molar-refractivity contribution in [3.63, 3.8) is 0 Å². The molecule has 0 aliphatic rings. The minimum absolute atomic E-state index is 0.234. The van der Waals surface area contributed by atoms with Crippen LogP contribution >= 0.6 is 15.9 Å². The van der Waals surface area contributed by atoms with E-state index in [0.29, 0.717) is 0 Å². The number of nitrogens with two attached hydrogens (primary N) is 1. The zero-order valence-electron chi connectivity index (χ0n) is 10.2. The molecule has 2 N–H and O–H groups in total. The number of methoxy groups -OCH3 is 1. The summed E-state index contributed by atoms with van der Waals surface area (Å²) in [7, 11) is 3.69. The Hall–Kier alpha value is -0.740. The van der Waals surface area contributed by atoms with Gasteiger partial charge in [0.1, 0.15) is 5.75 Å². The molecule has 3 nitrogen and oxygen atoms in total. The van der Waals surface area contributed by atoms with Crippen molar-refractivity contribution < 1.29 is 4.74 Å². The summed E-state index contributed by atoms with van der Waals surface area (Å²) < 4.78 is 6.37. The van der Waals surface area contributed by atoms with Crippen LogP contribution in [0.15, 0.2) is 22.7 Å². The zero-order chi connectivity index (χ0) is 12.3. The minimum atomic E-state index is -0.234. The van der Waals surface area contributed by atoms with Crippen molar-refractivity contribution in [1.82, 2.24) is 0 Å². The van der Waals surface area contributed by atoms with Gasteiger partial charge in [0.2, 0.25) is 0 Å². The van der Waals surface area contributed by atoms with E-state index >= 15 is 0 Å². The van der Waals surface area contributed by atoms with Gasteiger partial charge in [0.05, 0.1) is 12.8 Å². The fourth-order valence-electron chi connectivity index (χ4n) is 1.66. The Balaban J connectivity index is 2.97. The van der Waals surface area contributed by atoms with Gasteiger partial charge >= 0.3 is 0 Å². The van der Waals surface area contributed by atoms with Crippen LogP contribution < -0.4 is 15.4 Å². The lowest BCUT2D eigenvalue weighted by atomic mass is 10.1.